The van der Waals surface area contributed by atoms with E-state index in [4.69, 9.17) is 26.8 Å². The van der Waals surface area contributed by atoms with Gasteiger partial charge in [-0.05, 0) is 57.4 Å². The lowest BCUT2D eigenvalue weighted by Crippen LogP contribution is -2.49. The third kappa shape index (κ3) is 6.55. The molecule has 2 amide bonds. The van der Waals surface area contributed by atoms with Crippen LogP contribution in [0, 0.1) is 0 Å². The molecule has 3 fully saturated rings. The number of hydrogen-bond donors (Lipinski definition) is 1. The monoisotopic (exact) mass is 502 g/mol. The summed E-state index contributed by atoms with van der Waals surface area (Å²) in [5.74, 6) is 0.624. The molecule has 8 nitrogen and oxygen atoms in total. The van der Waals surface area contributed by atoms with Crippen LogP contribution in [0.3, 0.4) is 0 Å². The zero-order chi connectivity index (χ0) is 24.9. The topological polar surface area (TPSA) is 97.5 Å². The van der Waals surface area contributed by atoms with Gasteiger partial charge in [-0.15, -0.1) is 0 Å². The number of rotatable bonds is 5. The molecule has 0 unspecified atom stereocenters. The molecule has 2 heterocycles. The normalized spacial score (nSPS) is 26.2. The lowest BCUT2D eigenvalue weighted by atomic mass is 10.1. The van der Waals surface area contributed by atoms with Gasteiger partial charge in [-0.2, -0.15) is 0 Å². The number of allylic oxidation sites excluding steroid dienone is 1. The number of piperidine rings is 1. The average Bonchev–Trinajstić information content (AvgIpc) is 3.31. The third-order valence-corrected chi connectivity index (χ3v) is 7.02. The summed E-state index contributed by atoms with van der Waals surface area (Å²) in [4.78, 5) is 34.0. The number of carbonyl (C=O) groups excluding carboxylic acids is 2. The quantitative estimate of drug-likeness (QED) is 0.624. The maximum absolute atomic E-state index is 13.0. The maximum atomic E-state index is 13.0. The molecule has 190 valence electrons. The van der Waals surface area contributed by atoms with E-state index in [9.17, 15) is 9.59 Å². The van der Waals surface area contributed by atoms with E-state index >= 15 is 0 Å². The van der Waals surface area contributed by atoms with Crippen LogP contribution in [0.5, 0.6) is 5.75 Å². The molecule has 2 saturated heterocycles. The van der Waals surface area contributed by atoms with E-state index in [2.05, 4.69) is 4.99 Å². The van der Waals surface area contributed by atoms with Gasteiger partial charge in [0.1, 0.15) is 24.1 Å². The second-order valence-corrected chi connectivity index (χ2v) is 10.1. The fraction of sp³-hybridized carbons (Fsp3) is 0.577. The van der Waals surface area contributed by atoms with Crippen LogP contribution in [-0.2, 0) is 14.3 Å². The van der Waals surface area contributed by atoms with Crippen LogP contribution in [-0.4, -0.2) is 78.4 Å². The number of likely N-dealkylation sites (tertiary alicyclic amines) is 1. The highest BCUT2D eigenvalue weighted by molar-refractivity contribution is 6.30. The lowest BCUT2D eigenvalue weighted by Gasteiger charge is -2.35. The molecule has 3 aliphatic rings. The summed E-state index contributed by atoms with van der Waals surface area (Å²) in [6, 6.07) is 7.34. The van der Waals surface area contributed by atoms with E-state index in [0.29, 0.717) is 37.6 Å². The van der Waals surface area contributed by atoms with Gasteiger partial charge in [-0.1, -0.05) is 11.6 Å². The van der Waals surface area contributed by atoms with Crippen molar-refractivity contribution in [3.63, 3.8) is 0 Å². The number of nitrogens with zero attached hydrogens (tertiary/aromatic N) is 3. The first kappa shape index (κ1) is 25.5. The van der Waals surface area contributed by atoms with Gasteiger partial charge < -0.3 is 25.0 Å². The van der Waals surface area contributed by atoms with Crippen molar-refractivity contribution in [2.24, 2.45) is 10.7 Å². The molecule has 4 rings (SSSR count). The minimum absolute atomic E-state index is 0.00517. The smallest absolute Gasteiger partial charge is 0.270 e. The van der Waals surface area contributed by atoms with Crippen LogP contribution in [0.15, 0.2) is 40.5 Å². The van der Waals surface area contributed by atoms with Crippen molar-refractivity contribution in [2.75, 3.05) is 32.7 Å². The van der Waals surface area contributed by atoms with E-state index < -0.39 is 0 Å². The second-order valence-electron chi connectivity index (χ2n) is 9.63. The summed E-state index contributed by atoms with van der Waals surface area (Å²) in [6.45, 7) is 6.32. The number of morpholine rings is 1. The number of halogens is 1. The molecule has 35 heavy (non-hydrogen) atoms. The van der Waals surface area contributed by atoms with Crippen LogP contribution >= 0.6 is 11.6 Å². The van der Waals surface area contributed by atoms with Crippen molar-refractivity contribution in [3.8, 4) is 5.75 Å². The fourth-order valence-corrected chi connectivity index (χ4v) is 5.15. The predicted octanol–water partition coefficient (Wildman–Crippen LogP) is 3.18. The van der Waals surface area contributed by atoms with Gasteiger partial charge in [0, 0.05) is 55.3 Å². The Kier molecular flexibility index (Phi) is 8.34. The number of hydrogen-bond acceptors (Lipinski definition) is 6. The minimum atomic E-state index is -0.161. The molecule has 1 aliphatic carbocycles. The SMILES string of the molecule is C[C@@H]1CN(C(=O)C(N)=C2CCCC2=NCC(=O)N2CCC(Oc3ccc(Cl)cc3)CC2)C[C@H](C)O1. The van der Waals surface area contributed by atoms with E-state index in [-0.39, 0.29) is 42.4 Å². The van der Waals surface area contributed by atoms with Crippen molar-refractivity contribution in [1.82, 2.24) is 9.80 Å². The Morgan fingerprint density at radius 3 is 2.40 bits per heavy atom. The maximum Gasteiger partial charge on any atom is 0.270 e. The summed E-state index contributed by atoms with van der Waals surface area (Å²) in [5, 5.41) is 0.677. The van der Waals surface area contributed by atoms with Gasteiger partial charge in [-0.25, -0.2) is 0 Å². The van der Waals surface area contributed by atoms with E-state index in [1.54, 1.807) is 4.90 Å². The lowest BCUT2D eigenvalue weighted by molar-refractivity contribution is -0.139. The second kappa shape index (κ2) is 11.4. The van der Waals surface area contributed by atoms with Crippen LogP contribution in [0.4, 0.5) is 0 Å². The highest BCUT2D eigenvalue weighted by Crippen LogP contribution is 2.26. The van der Waals surface area contributed by atoms with Gasteiger partial charge >= 0.3 is 0 Å². The predicted molar refractivity (Wildman–Crippen MR) is 136 cm³/mol. The molecule has 2 N–H and O–H groups in total. The van der Waals surface area contributed by atoms with Crippen LogP contribution in [0.25, 0.3) is 0 Å². The average molecular weight is 503 g/mol. The van der Waals surface area contributed by atoms with E-state index in [1.165, 1.54) is 0 Å². The molecule has 0 spiro atoms. The number of carbonyl (C=O) groups is 2. The fourth-order valence-electron chi connectivity index (χ4n) is 5.03. The van der Waals surface area contributed by atoms with Gasteiger partial charge in [0.25, 0.3) is 5.91 Å². The molecule has 2 aliphatic heterocycles. The summed E-state index contributed by atoms with van der Waals surface area (Å²) in [5.41, 5.74) is 8.17. The first-order valence-corrected chi connectivity index (χ1v) is 12.8. The molecule has 9 heteroatoms. The van der Waals surface area contributed by atoms with Crippen molar-refractivity contribution >= 4 is 29.1 Å². The number of benzene rings is 1. The van der Waals surface area contributed by atoms with Crippen molar-refractivity contribution in [2.45, 2.75) is 64.3 Å². The molecule has 1 saturated carbocycles. The van der Waals surface area contributed by atoms with Gasteiger partial charge in [0.15, 0.2) is 0 Å². The minimum Gasteiger partial charge on any atom is -0.490 e. The number of amides is 2. The Hall–Kier alpha value is -2.58. The molecule has 0 radical (unpaired) electrons. The van der Waals surface area contributed by atoms with Crippen LogP contribution < -0.4 is 10.5 Å². The zero-order valence-electron chi connectivity index (χ0n) is 20.5. The Bertz CT molecular complexity index is 976. The standard InChI is InChI=1S/C26H35ClN4O4/c1-17-15-31(16-18(2)34-17)26(33)25(28)22-4-3-5-23(22)29-14-24(32)30-12-10-21(11-13-30)35-20-8-6-19(27)7-9-20/h6-9,17-18,21H,3-5,10-16,28H2,1-2H3/t17-,18+. The summed E-state index contributed by atoms with van der Waals surface area (Å²) < 4.78 is 11.7. The Balaban J connectivity index is 1.31. The molecular weight excluding hydrogens is 468 g/mol. The summed E-state index contributed by atoms with van der Waals surface area (Å²) >= 11 is 5.93. The molecular formula is C26H35ClN4O4. The number of ether oxygens (including phenoxy) is 2. The highest BCUT2D eigenvalue weighted by Gasteiger charge is 2.30. The highest BCUT2D eigenvalue weighted by atomic mass is 35.5. The number of nitrogens with two attached hydrogens (primary N) is 1. The summed E-state index contributed by atoms with van der Waals surface area (Å²) in [7, 11) is 0. The molecule has 1 aromatic carbocycles. The molecule has 2 atom stereocenters. The molecule has 0 aromatic heterocycles. The van der Waals surface area contributed by atoms with Crippen LogP contribution in [0.1, 0.15) is 46.0 Å². The van der Waals surface area contributed by atoms with Crippen molar-refractivity contribution < 1.29 is 19.1 Å². The van der Waals surface area contributed by atoms with Gasteiger partial charge in [-0.3, -0.25) is 14.6 Å². The van der Waals surface area contributed by atoms with Crippen LogP contribution in [0.2, 0.25) is 5.02 Å². The van der Waals surface area contributed by atoms with Crippen molar-refractivity contribution in [1.29, 1.82) is 0 Å². The Morgan fingerprint density at radius 1 is 1.09 bits per heavy atom. The van der Waals surface area contributed by atoms with E-state index in [1.807, 2.05) is 43.0 Å². The van der Waals surface area contributed by atoms with Gasteiger partial charge in [0.2, 0.25) is 5.91 Å². The van der Waals surface area contributed by atoms with E-state index in [0.717, 1.165) is 42.7 Å². The third-order valence-electron chi connectivity index (χ3n) is 6.77. The molecule has 0 bridgehead atoms. The largest absolute Gasteiger partial charge is 0.490 e. The Labute approximate surface area is 212 Å². The summed E-state index contributed by atoms with van der Waals surface area (Å²) in [6.07, 6.45) is 3.93. The Morgan fingerprint density at radius 2 is 1.74 bits per heavy atom. The van der Waals surface area contributed by atoms with Gasteiger partial charge in [0.05, 0.1) is 12.2 Å². The first-order chi connectivity index (χ1) is 16.8. The van der Waals surface area contributed by atoms with Crippen molar-refractivity contribution in [3.05, 3.63) is 40.6 Å². The number of aliphatic imine (C=N–C) groups is 1. The first-order valence-electron chi connectivity index (χ1n) is 12.5. The zero-order valence-corrected chi connectivity index (χ0v) is 21.3. The molecule has 1 aromatic rings.